The molecule has 0 aliphatic carbocycles. The predicted octanol–water partition coefficient (Wildman–Crippen LogP) is 2.91. The molecule has 1 N–H and O–H groups in total. The van der Waals surface area contributed by atoms with E-state index >= 15 is 0 Å². The van der Waals surface area contributed by atoms with Crippen LogP contribution in [0.4, 0.5) is 0 Å². The van der Waals surface area contributed by atoms with Crippen LogP contribution in [0.25, 0.3) is 0 Å². The molecule has 2 nitrogen and oxygen atoms in total. The van der Waals surface area contributed by atoms with Gasteiger partial charge in [-0.05, 0) is 43.7 Å². The SMILES string of the molecule is CCC1CCCN(CC(O)C(C)(C)C)CC1. The van der Waals surface area contributed by atoms with Crippen molar-refractivity contribution in [2.45, 2.75) is 59.5 Å². The number of likely N-dealkylation sites (tertiary alicyclic amines) is 1. The fourth-order valence-corrected chi connectivity index (χ4v) is 2.33. The number of nitrogens with zero attached hydrogens (tertiary/aromatic N) is 1. The number of hydrogen-bond donors (Lipinski definition) is 1. The average Bonchev–Trinajstić information content (AvgIpc) is 2.41. The maximum absolute atomic E-state index is 10.1. The maximum atomic E-state index is 10.1. The summed E-state index contributed by atoms with van der Waals surface area (Å²) in [5, 5.41) is 10.1. The third-order valence-electron chi connectivity index (χ3n) is 3.95. The summed E-state index contributed by atoms with van der Waals surface area (Å²) in [6.45, 7) is 11.8. The molecular weight excluding hydrogens is 198 g/mol. The van der Waals surface area contributed by atoms with Crippen LogP contribution in [0.2, 0.25) is 0 Å². The second-order valence-electron chi connectivity index (χ2n) is 6.39. The van der Waals surface area contributed by atoms with Gasteiger partial charge in [0.2, 0.25) is 0 Å². The number of β-amino-alcohol motifs (C(OH)–C–C–N with tert-alkyl or cyclic N) is 1. The van der Waals surface area contributed by atoms with Crippen LogP contribution in [-0.4, -0.2) is 35.7 Å². The second-order valence-corrected chi connectivity index (χ2v) is 6.39. The minimum absolute atomic E-state index is 0.0104. The lowest BCUT2D eigenvalue weighted by Gasteiger charge is -2.31. The first kappa shape index (κ1) is 14.0. The van der Waals surface area contributed by atoms with Crippen LogP contribution in [0.1, 0.15) is 53.4 Å². The molecule has 96 valence electrons. The third-order valence-corrected chi connectivity index (χ3v) is 3.95. The molecule has 0 saturated carbocycles. The Kier molecular flexibility index (Phi) is 5.26. The first-order valence-corrected chi connectivity index (χ1v) is 6.84. The lowest BCUT2D eigenvalue weighted by Crippen LogP contribution is -2.40. The summed E-state index contributed by atoms with van der Waals surface area (Å²) in [5.74, 6) is 0.914. The topological polar surface area (TPSA) is 23.5 Å². The summed E-state index contributed by atoms with van der Waals surface area (Å²) in [6.07, 6.45) is 5.10. The maximum Gasteiger partial charge on any atom is 0.0715 e. The summed E-state index contributed by atoms with van der Waals surface area (Å²) >= 11 is 0. The smallest absolute Gasteiger partial charge is 0.0715 e. The Morgan fingerprint density at radius 2 is 1.94 bits per heavy atom. The van der Waals surface area contributed by atoms with Crippen molar-refractivity contribution in [1.29, 1.82) is 0 Å². The van der Waals surface area contributed by atoms with E-state index < -0.39 is 0 Å². The Labute approximate surface area is 101 Å². The van der Waals surface area contributed by atoms with E-state index in [0.717, 1.165) is 12.5 Å². The van der Waals surface area contributed by atoms with Crippen LogP contribution < -0.4 is 0 Å². The Bertz CT molecular complexity index is 197. The van der Waals surface area contributed by atoms with Crippen molar-refractivity contribution in [3.05, 3.63) is 0 Å². The first-order valence-electron chi connectivity index (χ1n) is 6.84. The van der Waals surface area contributed by atoms with E-state index in [1.807, 2.05) is 0 Å². The lowest BCUT2D eigenvalue weighted by atomic mass is 9.89. The van der Waals surface area contributed by atoms with Gasteiger partial charge >= 0.3 is 0 Å². The van der Waals surface area contributed by atoms with Crippen LogP contribution in [0, 0.1) is 11.3 Å². The molecule has 0 amide bonds. The summed E-state index contributed by atoms with van der Waals surface area (Å²) < 4.78 is 0. The van der Waals surface area contributed by atoms with Crippen LogP contribution in [0.15, 0.2) is 0 Å². The van der Waals surface area contributed by atoms with E-state index in [1.165, 1.54) is 38.8 Å². The van der Waals surface area contributed by atoms with Gasteiger partial charge in [-0.2, -0.15) is 0 Å². The van der Waals surface area contributed by atoms with Crippen molar-refractivity contribution in [3.8, 4) is 0 Å². The number of aliphatic hydroxyl groups excluding tert-OH is 1. The second kappa shape index (κ2) is 6.02. The van der Waals surface area contributed by atoms with E-state index in [1.54, 1.807) is 0 Å². The Morgan fingerprint density at radius 1 is 1.25 bits per heavy atom. The summed E-state index contributed by atoms with van der Waals surface area (Å²) in [6, 6.07) is 0. The minimum atomic E-state index is -0.203. The molecule has 0 aromatic carbocycles. The van der Waals surface area contributed by atoms with Crippen molar-refractivity contribution in [2.75, 3.05) is 19.6 Å². The standard InChI is InChI=1S/C14H29NO/c1-5-12-7-6-9-15(10-8-12)11-13(16)14(2,3)4/h12-13,16H,5-11H2,1-4H3. The average molecular weight is 227 g/mol. The number of aliphatic hydroxyl groups is 1. The van der Waals surface area contributed by atoms with Crippen LogP contribution >= 0.6 is 0 Å². The molecule has 16 heavy (non-hydrogen) atoms. The highest BCUT2D eigenvalue weighted by atomic mass is 16.3. The quantitative estimate of drug-likeness (QED) is 0.801. The number of rotatable bonds is 3. The molecule has 2 atom stereocenters. The molecule has 2 heteroatoms. The largest absolute Gasteiger partial charge is 0.391 e. The van der Waals surface area contributed by atoms with Gasteiger partial charge in [-0.15, -0.1) is 0 Å². The first-order chi connectivity index (χ1) is 7.43. The molecule has 1 rings (SSSR count). The van der Waals surface area contributed by atoms with Gasteiger partial charge in [-0.25, -0.2) is 0 Å². The van der Waals surface area contributed by atoms with Crippen molar-refractivity contribution in [1.82, 2.24) is 4.90 Å². The molecular formula is C14H29NO. The van der Waals surface area contributed by atoms with Gasteiger partial charge in [0.25, 0.3) is 0 Å². The van der Waals surface area contributed by atoms with Crippen molar-refractivity contribution >= 4 is 0 Å². The Hall–Kier alpha value is -0.0800. The molecule has 0 bridgehead atoms. The highest BCUT2D eigenvalue weighted by molar-refractivity contribution is 4.78. The van der Waals surface area contributed by atoms with E-state index in [0.29, 0.717) is 0 Å². The number of hydrogen-bond acceptors (Lipinski definition) is 2. The van der Waals surface area contributed by atoms with Gasteiger partial charge in [0.1, 0.15) is 0 Å². The van der Waals surface area contributed by atoms with Crippen LogP contribution in [-0.2, 0) is 0 Å². The fraction of sp³-hybridized carbons (Fsp3) is 1.00. The van der Waals surface area contributed by atoms with Gasteiger partial charge in [0.05, 0.1) is 6.10 Å². The Morgan fingerprint density at radius 3 is 2.50 bits per heavy atom. The third kappa shape index (κ3) is 4.42. The van der Waals surface area contributed by atoms with Crippen LogP contribution in [0.5, 0.6) is 0 Å². The van der Waals surface area contributed by atoms with Crippen molar-refractivity contribution < 1.29 is 5.11 Å². The molecule has 1 aliphatic rings. The highest BCUT2D eigenvalue weighted by Crippen LogP contribution is 2.23. The normalized spacial score (nSPS) is 26.4. The summed E-state index contributed by atoms with van der Waals surface area (Å²) in [7, 11) is 0. The molecule has 0 aromatic rings. The lowest BCUT2D eigenvalue weighted by molar-refractivity contribution is 0.0290. The van der Waals surface area contributed by atoms with Gasteiger partial charge in [0, 0.05) is 6.54 Å². The van der Waals surface area contributed by atoms with Gasteiger partial charge in [-0.3, -0.25) is 0 Å². The summed E-state index contributed by atoms with van der Waals surface area (Å²) in [5.41, 5.74) is 0.0104. The molecule has 0 spiro atoms. The zero-order valence-electron chi connectivity index (χ0n) is 11.5. The summed E-state index contributed by atoms with van der Waals surface area (Å²) in [4.78, 5) is 2.45. The van der Waals surface area contributed by atoms with Crippen molar-refractivity contribution in [2.24, 2.45) is 11.3 Å². The molecule has 2 unspecified atom stereocenters. The van der Waals surface area contributed by atoms with Gasteiger partial charge < -0.3 is 10.0 Å². The van der Waals surface area contributed by atoms with Crippen LogP contribution in [0.3, 0.4) is 0 Å². The van der Waals surface area contributed by atoms with E-state index in [9.17, 15) is 5.11 Å². The molecule has 1 saturated heterocycles. The molecule has 1 aliphatic heterocycles. The van der Waals surface area contributed by atoms with E-state index in [-0.39, 0.29) is 11.5 Å². The predicted molar refractivity (Wildman–Crippen MR) is 69.5 cm³/mol. The molecule has 1 fully saturated rings. The van der Waals surface area contributed by atoms with Gasteiger partial charge in [0.15, 0.2) is 0 Å². The molecule has 0 aromatic heterocycles. The fourth-order valence-electron chi connectivity index (χ4n) is 2.33. The minimum Gasteiger partial charge on any atom is -0.391 e. The molecule has 1 heterocycles. The highest BCUT2D eigenvalue weighted by Gasteiger charge is 2.25. The van der Waals surface area contributed by atoms with Crippen molar-refractivity contribution in [3.63, 3.8) is 0 Å². The van der Waals surface area contributed by atoms with Gasteiger partial charge in [-0.1, -0.05) is 34.1 Å². The van der Waals surface area contributed by atoms with E-state index in [2.05, 4.69) is 32.6 Å². The zero-order chi connectivity index (χ0) is 12.2. The molecule has 0 radical (unpaired) electrons. The Balaban J connectivity index is 2.38. The zero-order valence-corrected chi connectivity index (χ0v) is 11.5. The monoisotopic (exact) mass is 227 g/mol. The van der Waals surface area contributed by atoms with E-state index in [4.69, 9.17) is 0 Å².